The van der Waals surface area contributed by atoms with Gasteiger partial charge < -0.3 is 23.9 Å². The quantitative estimate of drug-likeness (QED) is 0.319. The molecule has 1 N–H and O–H groups in total. The summed E-state index contributed by atoms with van der Waals surface area (Å²) in [5.74, 6) is 1.45. The molecule has 0 radical (unpaired) electrons. The first-order chi connectivity index (χ1) is 16.5. The Hall–Kier alpha value is -3.57. The van der Waals surface area contributed by atoms with E-state index in [-0.39, 0.29) is 17.0 Å². The lowest BCUT2D eigenvalue weighted by Crippen LogP contribution is -2.22. The smallest absolute Gasteiger partial charge is 0.277 e. The average Bonchev–Trinajstić information content (AvgIpc) is 3.53. The molecule has 1 amide bonds. The fourth-order valence-electron chi connectivity index (χ4n) is 3.06. The predicted octanol–water partition coefficient (Wildman–Crippen LogP) is 5.01. The maximum Gasteiger partial charge on any atom is 0.277 e. The molecular formula is C23H22N4O5S2. The Morgan fingerprint density at radius 1 is 1.03 bits per heavy atom. The number of anilines is 1. The van der Waals surface area contributed by atoms with Gasteiger partial charge in [0.25, 0.3) is 5.22 Å². The number of aromatic nitrogens is 3. The van der Waals surface area contributed by atoms with Crippen molar-refractivity contribution in [3.05, 3.63) is 47.8 Å². The highest BCUT2D eigenvalue weighted by atomic mass is 32.2. The third kappa shape index (κ3) is 5.15. The third-order valence-electron chi connectivity index (χ3n) is 4.77. The van der Waals surface area contributed by atoms with Crippen molar-refractivity contribution in [2.75, 3.05) is 26.6 Å². The van der Waals surface area contributed by atoms with E-state index in [0.29, 0.717) is 27.9 Å². The lowest BCUT2D eigenvalue weighted by Gasteiger charge is -2.12. The molecule has 0 aliphatic heterocycles. The molecule has 0 fully saturated rings. The maximum absolute atomic E-state index is 12.7. The number of benzene rings is 2. The zero-order chi connectivity index (χ0) is 24.1. The average molecular weight is 499 g/mol. The Labute approximate surface area is 204 Å². The van der Waals surface area contributed by atoms with E-state index in [1.165, 1.54) is 32.7 Å². The molecule has 34 heavy (non-hydrogen) atoms. The molecular weight excluding hydrogens is 476 g/mol. The van der Waals surface area contributed by atoms with Gasteiger partial charge in [-0.15, -0.1) is 21.5 Å². The zero-order valence-electron chi connectivity index (χ0n) is 18.9. The van der Waals surface area contributed by atoms with E-state index >= 15 is 0 Å². The van der Waals surface area contributed by atoms with Gasteiger partial charge in [0.15, 0.2) is 16.6 Å². The van der Waals surface area contributed by atoms with Crippen LogP contribution in [0.3, 0.4) is 0 Å². The van der Waals surface area contributed by atoms with Crippen molar-refractivity contribution in [2.24, 2.45) is 0 Å². The Bertz CT molecular complexity index is 1250. The second kappa shape index (κ2) is 10.6. The molecule has 0 spiro atoms. The number of hydrogen-bond donors (Lipinski definition) is 1. The molecule has 0 bridgehead atoms. The molecule has 0 aliphatic rings. The summed E-state index contributed by atoms with van der Waals surface area (Å²) >= 11 is 2.52. The van der Waals surface area contributed by atoms with Gasteiger partial charge in [-0.1, -0.05) is 42.1 Å². The first-order valence-corrected chi connectivity index (χ1v) is 11.9. The second-order valence-electron chi connectivity index (χ2n) is 6.94. The molecule has 2 aromatic carbocycles. The number of hydrogen-bond acceptors (Lipinski definition) is 10. The van der Waals surface area contributed by atoms with E-state index in [4.69, 9.17) is 18.6 Å². The summed E-state index contributed by atoms with van der Waals surface area (Å²) in [7, 11) is 4.59. The highest BCUT2D eigenvalue weighted by Gasteiger charge is 2.22. The Morgan fingerprint density at radius 3 is 2.38 bits per heavy atom. The monoisotopic (exact) mass is 498 g/mol. The first kappa shape index (κ1) is 23.6. The van der Waals surface area contributed by atoms with Gasteiger partial charge in [-0.2, -0.15) is 0 Å². The van der Waals surface area contributed by atoms with Crippen LogP contribution in [0.4, 0.5) is 5.13 Å². The minimum atomic E-state index is -0.489. The Kier molecular flexibility index (Phi) is 7.33. The standard InChI is InChI=1S/C23H22N4O5S2/c1-13(20(28)25-22-24-16(12-33-22)14-8-6-5-7-9-14)34-23-27-26-21(32-23)15-10-17(29-2)19(31-4)18(11-15)30-3/h5-13H,1-4H3,(H,24,25,28). The SMILES string of the molecule is COc1cc(-c2nnc(SC(C)C(=O)Nc3nc(-c4ccccc4)cs3)o2)cc(OC)c1OC. The van der Waals surface area contributed by atoms with Crippen molar-refractivity contribution in [3.8, 4) is 40.0 Å². The minimum Gasteiger partial charge on any atom is -0.493 e. The van der Waals surface area contributed by atoms with Gasteiger partial charge in [0.05, 0.1) is 32.3 Å². The molecule has 4 rings (SSSR count). The summed E-state index contributed by atoms with van der Waals surface area (Å²) in [5, 5.41) is 13.2. The maximum atomic E-state index is 12.7. The molecule has 9 nitrogen and oxygen atoms in total. The molecule has 1 atom stereocenters. The van der Waals surface area contributed by atoms with Crippen LogP contribution in [-0.2, 0) is 4.79 Å². The highest BCUT2D eigenvalue weighted by Crippen LogP contribution is 2.41. The molecule has 4 aromatic rings. The lowest BCUT2D eigenvalue weighted by atomic mass is 10.2. The van der Waals surface area contributed by atoms with Crippen LogP contribution >= 0.6 is 23.1 Å². The summed E-state index contributed by atoms with van der Waals surface area (Å²) in [6.07, 6.45) is 0. The van der Waals surface area contributed by atoms with Gasteiger partial charge in [0, 0.05) is 16.5 Å². The summed E-state index contributed by atoms with van der Waals surface area (Å²) < 4.78 is 21.9. The van der Waals surface area contributed by atoms with E-state index in [1.54, 1.807) is 19.1 Å². The molecule has 1 unspecified atom stereocenters. The number of nitrogens with one attached hydrogen (secondary N) is 1. The number of amides is 1. The number of thioether (sulfide) groups is 1. The molecule has 11 heteroatoms. The van der Waals surface area contributed by atoms with Gasteiger partial charge >= 0.3 is 0 Å². The largest absolute Gasteiger partial charge is 0.493 e. The van der Waals surface area contributed by atoms with Crippen LogP contribution in [-0.4, -0.2) is 47.7 Å². The second-order valence-corrected chi connectivity index (χ2v) is 9.09. The number of ether oxygens (including phenoxy) is 3. The van der Waals surface area contributed by atoms with E-state index in [2.05, 4.69) is 20.5 Å². The van der Waals surface area contributed by atoms with Gasteiger partial charge in [0.1, 0.15) is 0 Å². The van der Waals surface area contributed by atoms with Gasteiger partial charge in [-0.25, -0.2) is 4.98 Å². The van der Waals surface area contributed by atoms with Crippen LogP contribution in [0.2, 0.25) is 0 Å². The zero-order valence-corrected chi connectivity index (χ0v) is 20.5. The molecule has 0 saturated carbocycles. The van der Waals surface area contributed by atoms with E-state index in [0.717, 1.165) is 23.0 Å². The van der Waals surface area contributed by atoms with Gasteiger partial charge in [0.2, 0.25) is 17.5 Å². The number of carbonyl (C=O) groups excluding carboxylic acids is 1. The highest BCUT2D eigenvalue weighted by molar-refractivity contribution is 8.00. The van der Waals surface area contributed by atoms with Crippen molar-refractivity contribution in [3.63, 3.8) is 0 Å². The number of nitrogens with zero attached hydrogens (tertiary/aromatic N) is 3. The van der Waals surface area contributed by atoms with Crippen molar-refractivity contribution >= 4 is 34.1 Å². The van der Waals surface area contributed by atoms with E-state index in [1.807, 2.05) is 35.7 Å². The lowest BCUT2D eigenvalue weighted by molar-refractivity contribution is -0.115. The Balaban J connectivity index is 1.43. The first-order valence-electron chi connectivity index (χ1n) is 10.1. The van der Waals surface area contributed by atoms with Gasteiger partial charge in [-0.3, -0.25) is 4.79 Å². The normalized spacial score (nSPS) is 11.6. The summed E-state index contributed by atoms with van der Waals surface area (Å²) in [4.78, 5) is 17.2. The summed E-state index contributed by atoms with van der Waals surface area (Å²) in [5.41, 5.74) is 2.40. The number of methoxy groups -OCH3 is 3. The van der Waals surface area contributed by atoms with Crippen molar-refractivity contribution < 1.29 is 23.4 Å². The fourth-order valence-corrected chi connectivity index (χ4v) is 4.47. The molecule has 2 aromatic heterocycles. The number of carbonyl (C=O) groups is 1. The molecule has 0 aliphatic carbocycles. The third-order valence-corrected chi connectivity index (χ3v) is 6.46. The van der Waals surface area contributed by atoms with Crippen molar-refractivity contribution in [1.29, 1.82) is 0 Å². The van der Waals surface area contributed by atoms with E-state index < -0.39 is 5.25 Å². The minimum absolute atomic E-state index is 0.216. The van der Waals surface area contributed by atoms with Crippen LogP contribution in [0.5, 0.6) is 17.2 Å². The fraction of sp³-hybridized carbons (Fsp3) is 0.217. The van der Waals surface area contributed by atoms with Crippen LogP contribution < -0.4 is 19.5 Å². The van der Waals surface area contributed by atoms with Crippen LogP contribution in [0.25, 0.3) is 22.7 Å². The molecule has 0 saturated heterocycles. The van der Waals surface area contributed by atoms with Crippen molar-refractivity contribution in [1.82, 2.24) is 15.2 Å². The van der Waals surface area contributed by atoms with Crippen molar-refractivity contribution in [2.45, 2.75) is 17.4 Å². The topological polar surface area (TPSA) is 109 Å². The van der Waals surface area contributed by atoms with E-state index in [9.17, 15) is 4.79 Å². The van der Waals surface area contributed by atoms with Crippen LogP contribution in [0.1, 0.15) is 6.92 Å². The van der Waals surface area contributed by atoms with Gasteiger partial charge in [-0.05, 0) is 19.1 Å². The van der Waals surface area contributed by atoms with Crippen LogP contribution in [0, 0.1) is 0 Å². The summed E-state index contributed by atoms with van der Waals surface area (Å²) in [6.45, 7) is 1.76. The number of thiazole rings is 1. The molecule has 176 valence electrons. The van der Waals surface area contributed by atoms with Crippen LogP contribution in [0.15, 0.2) is 57.5 Å². The molecule has 2 heterocycles. The summed E-state index contributed by atoms with van der Waals surface area (Å²) in [6, 6.07) is 13.2. The predicted molar refractivity (Wildman–Crippen MR) is 131 cm³/mol. The Morgan fingerprint density at radius 2 is 1.74 bits per heavy atom. The number of rotatable bonds is 9.